The number of carboxylic acids is 1. The molecule has 0 spiro atoms. The molecule has 2 heterocycles. The minimum absolute atomic E-state index is 0.00902. The maximum Gasteiger partial charge on any atom is 0.307 e. The molecular formula is C23H18FN3O2. The van der Waals surface area contributed by atoms with Gasteiger partial charge in [0.25, 0.3) is 0 Å². The Kier molecular flexibility index (Phi) is 3.87. The van der Waals surface area contributed by atoms with Crippen molar-refractivity contribution in [1.82, 2.24) is 10.3 Å². The first-order valence-corrected chi connectivity index (χ1v) is 9.32. The molecule has 5 nitrogen and oxygen atoms in total. The molecule has 0 unspecified atom stereocenters. The quantitative estimate of drug-likeness (QED) is 0.846. The van der Waals surface area contributed by atoms with Gasteiger partial charge in [-0.3, -0.25) is 10.2 Å². The molecule has 0 fully saturated rings. The van der Waals surface area contributed by atoms with Crippen LogP contribution in [0.4, 0.5) is 4.39 Å². The van der Waals surface area contributed by atoms with Crippen LogP contribution in [0.3, 0.4) is 0 Å². The third-order valence-electron chi connectivity index (χ3n) is 5.37. The van der Waals surface area contributed by atoms with Crippen LogP contribution in [0, 0.1) is 5.82 Å². The van der Waals surface area contributed by atoms with Crippen LogP contribution in [0.2, 0.25) is 0 Å². The molecule has 2 N–H and O–H groups in total. The first-order chi connectivity index (χ1) is 14.0. The number of aliphatic carboxylic acids is 1. The molecular weight excluding hydrogens is 369 g/mol. The second-order valence-corrected chi connectivity index (χ2v) is 7.44. The highest BCUT2D eigenvalue weighted by molar-refractivity contribution is 6.20. The van der Waals surface area contributed by atoms with E-state index >= 15 is 0 Å². The van der Waals surface area contributed by atoms with Crippen molar-refractivity contribution in [2.24, 2.45) is 5.10 Å². The zero-order valence-electron chi connectivity index (χ0n) is 15.7. The Morgan fingerprint density at radius 2 is 2.03 bits per heavy atom. The van der Waals surface area contributed by atoms with Crippen LogP contribution in [-0.4, -0.2) is 35.3 Å². The fraction of sp³-hybridized carbons (Fsp3) is 0.130. The van der Waals surface area contributed by atoms with Gasteiger partial charge in [0.2, 0.25) is 0 Å². The summed E-state index contributed by atoms with van der Waals surface area (Å²) in [6.45, 7) is 0.655. The van der Waals surface area contributed by atoms with E-state index in [0.29, 0.717) is 6.54 Å². The lowest BCUT2D eigenvalue weighted by Crippen LogP contribution is -2.24. The fourth-order valence-corrected chi connectivity index (χ4v) is 4.11. The second-order valence-electron chi connectivity index (χ2n) is 7.44. The molecule has 0 radical (unpaired) electrons. The summed E-state index contributed by atoms with van der Waals surface area (Å²) in [5.74, 6) is -1.13. The number of benzene rings is 2. The highest BCUT2D eigenvalue weighted by Crippen LogP contribution is 2.39. The van der Waals surface area contributed by atoms with Crippen LogP contribution in [0.25, 0.3) is 17.2 Å². The Bertz CT molecular complexity index is 1170. The molecule has 0 saturated heterocycles. The summed E-state index contributed by atoms with van der Waals surface area (Å²) in [7, 11) is 1.98. The third kappa shape index (κ3) is 2.93. The zero-order valence-corrected chi connectivity index (χ0v) is 15.7. The molecule has 0 bridgehead atoms. The zero-order chi connectivity index (χ0) is 20.1. The van der Waals surface area contributed by atoms with Crippen LogP contribution in [0.15, 0.2) is 59.5 Å². The van der Waals surface area contributed by atoms with Gasteiger partial charge >= 0.3 is 5.97 Å². The normalized spacial score (nSPS) is 16.6. The molecule has 2 aromatic rings. The summed E-state index contributed by atoms with van der Waals surface area (Å²) in [6.07, 6.45) is 5.77. The second kappa shape index (κ2) is 6.44. The molecule has 5 rings (SSSR count). The molecule has 0 aromatic heterocycles. The van der Waals surface area contributed by atoms with E-state index in [9.17, 15) is 9.18 Å². The van der Waals surface area contributed by atoms with Crippen LogP contribution >= 0.6 is 0 Å². The number of allylic oxidation sites excluding steroid dienone is 2. The van der Waals surface area contributed by atoms with E-state index in [-0.39, 0.29) is 12.2 Å². The summed E-state index contributed by atoms with van der Waals surface area (Å²) >= 11 is 0. The predicted molar refractivity (Wildman–Crippen MR) is 110 cm³/mol. The van der Waals surface area contributed by atoms with Crippen LogP contribution in [-0.2, 0) is 11.2 Å². The number of hydrogen-bond donors (Lipinski definition) is 2. The number of carboxylic acid groups (broad SMARTS) is 1. The lowest BCUT2D eigenvalue weighted by atomic mass is 9.89. The number of carbonyl (C=O) groups is 1. The average Bonchev–Trinajstić information content (AvgIpc) is 3.01. The summed E-state index contributed by atoms with van der Waals surface area (Å²) in [5, 5.41) is 13.6. The Hall–Kier alpha value is -3.67. The van der Waals surface area contributed by atoms with Crippen LogP contribution in [0.5, 0.6) is 0 Å². The number of fused-ring (bicyclic) bond motifs is 2. The Balaban J connectivity index is 1.66. The van der Waals surface area contributed by atoms with Gasteiger partial charge in [0.1, 0.15) is 5.82 Å². The van der Waals surface area contributed by atoms with Gasteiger partial charge in [0, 0.05) is 36.5 Å². The maximum absolute atomic E-state index is 14.3. The molecule has 1 aliphatic carbocycles. The maximum atomic E-state index is 14.3. The lowest BCUT2D eigenvalue weighted by molar-refractivity contribution is -0.136. The number of hydrogen-bond acceptors (Lipinski definition) is 4. The van der Waals surface area contributed by atoms with Crippen molar-refractivity contribution in [1.29, 1.82) is 0 Å². The summed E-state index contributed by atoms with van der Waals surface area (Å²) in [4.78, 5) is 13.0. The first kappa shape index (κ1) is 17.4. The van der Waals surface area contributed by atoms with E-state index in [1.807, 2.05) is 49.7 Å². The van der Waals surface area contributed by atoms with E-state index < -0.39 is 5.97 Å². The Labute approximate surface area is 167 Å². The largest absolute Gasteiger partial charge is 0.481 e. The van der Waals surface area contributed by atoms with E-state index in [1.54, 1.807) is 6.07 Å². The number of nitrogens with one attached hydrogen (secondary N) is 1. The topological polar surface area (TPSA) is 64.9 Å². The molecule has 0 amide bonds. The molecule has 2 aromatic carbocycles. The van der Waals surface area contributed by atoms with E-state index in [1.165, 1.54) is 6.07 Å². The van der Waals surface area contributed by atoms with E-state index in [4.69, 9.17) is 5.11 Å². The summed E-state index contributed by atoms with van der Waals surface area (Å²) < 4.78 is 14.3. The fourth-order valence-electron chi connectivity index (χ4n) is 4.11. The highest BCUT2D eigenvalue weighted by atomic mass is 19.1. The summed E-state index contributed by atoms with van der Waals surface area (Å²) in [5.41, 5.74) is 11.1. The minimum atomic E-state index is -0.855. The molecule has 3 aliphatic rings. The smallest absolute Gasteiger partial charge is 0.307 e. The van der Waals surface area contributed by atoms with Crippen molar-refractivity contribution in [3.05, 3.63) is 88.0 Å². The van der Waals surface area contributed by atoms with Crippen molar-refractivity contribution >= 4 is 28.9 Å². The number of halogens is 1. The van der Waals surface area contributed by atoms with Crippen molar-refractivity contribution in [3.8, 4) is 0 Å². The molecule has 144 valence electrons. The molecule has 0 saturated carbocycles. The van der Waals surface area contributed by atoms with E-state index in [0.717, 1.165) is 50.4 Å². The van der Waals surface area contributed by atoms with Gasteiger partial charge in [0.05, 0.1) is 17.8 Å². The standard InChI is InChI=1S/C23H18FN3O2/c1-27-11-18(14-4-2-13(3-5-14)8-21(28)29)23-19(12-27)17-10-16(24)9-15-6-7-20(22(15)17)25-26-23/h2-7,9-10,12,26H,8,11H2,1H3,(H,28,29). The monoisotopic (exact) mass is 387 g/mol. The number of likely N-dealkylation sites (N-methyl/N-ethyl adjacent to an activating group) is 1. The van der Waals surface area contributed by atoms with Gasteiger partial charge in [-0.05, 0) is 40.5 Å². The molecule has 6 heteroatoms. The highest BCUT2D eigenvalue weighted by Gasteiger charge is 2.29. The number of nitrogens with zero attached hydrogens (tertiary/aromatic N) is 2. The first-order valence-electron chi connectivity index (χ1n) is 9.32. The van der Waals surface area contributed by atoms with Gasteiger partial charge in [-0.25, -0.2) is 4.39 Å². The van der Waals surface area contributed by atoms with Gasteiger partial charge in [-0.15, -0.1) is 0 Å². The van der Waals surface area contributed by atoms with Gasteiger partial charge in [-0.1, -0.05) is 30.3 Å². The van der Waals surface area contributed by atoms with Crippen molar-refractivity contribution in [3.63, 3.8) is 0 Å². The number of rotatable bonds is 3. The number of hydrazone groups is 1. The van der Waals surface area contributed by atoms with Crippen molar-refractivity contribution < 1.29 is 14.3 Å². The third-order valence-corrected chi connectivity index (χ3v) is 5.37. The molecule has 29 heavy (non-hydrogen) atoms. The van der Waals surface area contributed by atoms with Crippen LogP contribution in [0.1, 0.15) is 27.8 Å². The van der Waals surface area contributed by atoms with Crippen molar-refractivity contribution in [2.75, 3.05) is 13.6 Å². The molecule has 2 aliphatic heterocycles. The van der Waals surface area contributed by atoms with E-state index in [2.05, 4.69) is 15.4 Å². The predicted octanol–water partition coefficient (Wildman–Crippen LogP) is 3.48. The minimum Gasteiger partial charge on any atom is -0.481 e. The van der Waals surface area contributed by atoms with Crippen LogP contribution < -0.4 is 5.43 Å². The summed E-state index contributed by atoms with van der Waals surface area (Å²) in [6, 6.07) is 10.6. The van der Waals surface area contributed by atoms with Crippen molar-refractivity contribution in [2.45, 2.75) is 6.42 Å². The van der Waals surface area contributed by atoms with Gasteiger partial charge in [-0.2, -0.15) is 5.10 Å². The van der Waals surface area contributed by atoms with Gasteiger partial charge < -0.3 is 10.0 Å². The SMILES string of the molecule is CN1C=C2C(=C(c3ccc(CC(=O)O)cc3)C1)NN=C1C=Cc3cc(F)cc2c31. The van der Waals surface area contributed by atoms with Gasteiger partial charge in [0.15, 0.2) is 0 Å². The average molecular weight is 387 g/mol. The Morgan fingerprint density at radius 3 is 2.79 bits per heavy atom. The Morgan fingerprint density at radius 1 is 1.24 bits per heavy atom. The lowest BCUT2D eigenvalue weighted by Gasteiger charge is -2.28. The molecule has 0 atom stereocenters.